The second kappa shape index (κ2) is 7.16. The van der Waals surface area contributed by atoms with E-state index in [0.29, 0.717) is 18.2 Å². The Balaban J connectivity index is 1.85. The van der Waals surface area contributed by atoms with Gasteiger partial charge >= 0.3 is 0 Å². The Hall–Kier alpha value is -0.960. The molecule has 0 bridgehead atoms. The molecule has 0 amide bonds. The molecule has 0 aromatic heterocycles. The van der Waals surface area contributed by atoms with Crippen molar-refractivity contribution in [3.63, 3.8) is 0 Å². The van der Waals surface area contributed by atoms with Gasteiger partial charge in [-0.25, -0.2) is 8.78 Å². The predicted octanol–water partition coefficient (Wildman–Crippen LogP) is 4.66. The van der Waals surface area contributed by atoms with E-state index in [1.54, 1.807) is 0 Å². The van der Waals surface area contributed by atoms with Crippen LogP contribution in [0.15, 0.2) is 18.2 Å². The minimum absolute atomic E-state index is 0.453. The smallest absolute Gasteiger partial charge is 0.130 e. The van der Waals surface area contributed by atoms with Crippen LogP contribution in [0.25, 0.3) is 0 Å². The van der Waals surface area contributed by atoms with Gasteiger partial charge in [-0.3, -0.25) is 0 Å². The molecule has 1 aliphatic rings. The van der Waals surface area contributed by atoms with Crippen LogP contribution in [0.1, 0.15) is 51.5 Å². The third-order valence-corrected chi connectivity index (χ3v) is 4.55. The Morgan fingerprint density at radius 3 is 2.65 bits per heavy atom. The Bertz CT molecular complexity index is 431. The van der Waals surface area contributed by atoms with Crippen LogP contribution in [0.4, 0.5) is 8.78 Å². The van der Waals surface area contributed by atoms with Crippen LogP contribution in [-0.2, 0) is 6.54 Å². The number of halogens is 2. The molecule has 0 aliphatic heterocycles. The lowest BCUT2D eigenvalue weighted by Crippen LogP contribution is -2.28. The van der Waals surface area contributed by atoms with Crippen molar-refractivity contribution in [2.45, 2.75) is 58.5 Å². The minimum atomic E-state index is -0.513. The summed E-state index contributed by atoms with van der Waals surface area (Å²) in [5.74, 6) is 0.610. The molecule has 2 unspecified atom stereocenters. The maximum Gasteiger partial charge on any atom is 0.130 e. The van der Waals surface area contributed by atoms with Crippen LogP contribution in [0.2, 0.25) is 0 Å². The van der Waals surface area contributed by atoms with Crippen molar-refractivity contribution in [1.82, 2.24) is 5.32 Å². The highest BCUT2D eigenvalue weighted by molar-refractivity contribution is 5.18. The van der Waals surface area contributed by atoms with Crippen LogP contribution < -0.4 is 5.32 Å². The maximum absolute atomic E-state index is 13.6. The average molecular weight is 281 g/mol. The number of nitrogens with one attached hydrogen (secondary N) is 1. The Morgan fingerprint density at radius 2 is 1.95 bits per heavy atom. The molecule has 1 saturated carbocycles. The van der Waals surface area contributed by atoms with E-state index in [1.807, 2.05) is 0 Å². The van der Waals surface area contributed by atoms with Crippen LogP contribution in [0.5, 0.6) is 0 Å². The van der Waals surface area contributed by atoms with Gasteiger partial charge in [0, 0.05) is 24.2 Å². The first kappa shape index (κ1) is 15.4. The van der Waals surface area contributed by atoms with Gasteiger partial charge in [0.15, 0.2) is 0 Å². The van der Waals surface area contributed by atoms with Gasteiger partial charge in [-0.2, -0.15) is 0 Å². The molecule has 1 aromatic rings. The molecule has 0 radical (unpaired) electrons. The summed E-state index contributed by atoms with van der Waals surface area (Å²) in [6.45, 7) is 5.09. The lowest BCUT2D eigenvalue weighted by molar-refractivity contribution is 0.337. The largest absolute Gasteiger partial charge is 0.310 e. The van der Waals surface area contributed by atoms with Gasteiger partial charge in [-0.1, -0.05) is 32.8 Å². The summed E-state index contributed by atoms with van der Waals surface area (Å²) in [6, 6.07) is 4.27. The molecule has 20 heavy (non-hydrogen) atoms. The summed E-state index contributed by atoms with van der Waals surface area (Å²) in [4.78, 5) is 0. The summed E-state index contributed by atoms with van der Waals surface area (Å²) in [5.41, 5.74) is 0.552. The predicted molar refractivity (Wildman–Crippen MR) is 78.4 cm³/mol. The second-order valence-electron chi connectivity index (χ2n) is 6.33. The lowest BCUT2D eigenvalue weighted by Gasteiger charge is -2.19. The van der Waals surface area contributed by atoms with E-state index in [9.17, 15) is 8.78 Å². The molecule has 0 heterocycles. The molecular formula is C17H25F2N. The van der Waals surface area contributed by atoms with Crippen LogP contribution in [-0.4, -0.2) is 6.04 Å². The zero-order chi connectivity index (χ0) is 14.5. The van der Waals surface area contributed by atoms with Crippen molar-refractivity contribution < 1.29 is 8.78 Å². The molecule has 1 nitrogen and oxygen atoms in total. The fraction of sp³-hybridized carbons (Fsp3) is 0.647. The standard InChI is InChI=1S/C17H25F2N/c1-12(2)13-4-3-5-16(9-7-13)20-11-14-6-8-15(18)10-17(14)19/h6,8,10,12-13,16,20H,3-5,7,9,11H2,1-2H3. The Labute approximate surface area is 120 Å². The highest BCUT2D eigenvalue weighted by Crippen LogP contribution is 2.28. The fourth-order valence-corrected chi connectivity index (χ4v) is 3.12. The maximum atomic E-state index is 13.6. The van der Waals surface area contributed by atoms with E-state index in [4.69, 9.17) is 0 Å². The summed E-state index contributed by atoms with van der Waals surface area (Å²) < 4.78 is 26.4. The van der Waals surface area contributed by atoms with Gasteiger partial charge in [0.2, 0.25) is 0 Å². The number of hydrogen-bond donors (Lipinski definition) is 1. The molecule has 1 aromatic carbocycles. The lowest BCUT2D eigenvalue weighted by atomic mass is 9.89. The zero-order valence-corrected chi connectivity index (χ0v) is 12.5. The van der Waals surface area contributed by atoms with Gasteiger partial charge < -0.3 is 5.32 Å². The van der Waals surface area contributed by atoms with Crippen LogP contribution in [0.3, 0.4) is 0 Å². The van der Waals surface area contributed by atoms with Gasteiger partial charge in [-0.15, -0.1) is 0 Å². The van der Waals surface area contributed by atoms with Crippen molar-refractivity contribution in [2.75, 3.05) is 0 Å². The topological polar surface area (TPSA) is 12.0 Å². The Morgan fingerprint density at radius 1 is 1.15 bits per heavy atom. The summed E-state index contributed by atoms with van der Waals surface area (Å²) in [7, 11) is 0. The molecular weight excluding hydrogens is 256 g/mol. The quantitative estimate of drug-likeness (QED) is 0.791. The van der Waals surface area contributed by atoms with E-state index < -0.39 is 11.6 Å². The first-order valence-corrected chi connectivity index (χ1v) is 7.73. The van der Waals surface area contributed by atoms with Gasteiger partial charge in [-0.05, 0) is 37.2 Å². The molecule has 1 N–H and O–H groups in total. The van der Waals surface area contributed by atoms with E-state index in [2.05, 4.69) is 19.2 Å². The van der Waals surface area contributed by atoms with Crippen LogP contribution >= 0.6 is 0 Å². The van der Waals surface area contributed by atoms with Crippen molar-refractivity contribution in [2.24, 2.45) is 11.8 Å². The monoisotopic (exact) mass is 281 g/mol. The SMILES string of the molecule is CC(C)C1CCCC(NCc2ccc(F)cc2F)CC1. The van der Waals surface area contributed by atoms with Crippen molar-refractivity contribution in [3.05, 3.63) is 35.4 Å². The number of rotatable bonds is 4. The fourth-order valence-electron chi connectivity index (χ4n) is 3.12. The minimum Gasteiger partial charge on any atom is -0.310 e. The average Bonchev–Trinajstić information content (AvgIpc) is 2.63. The second-order valence-corrected chi connectivity index (χ2v) is 6.33. The first-order valence-electron chi connectivity index (χ1n) is 7.73. The molecule has 3 heteroatoms. The summed E-state index contributed by atoms with van der Waals surface area (Å²) >= 11 is 0. The molecule has 0 saturated heterocycles. The molecule has 112 valence electrons. The van der Waals surface area contributed by atoms with Crippen LogP contribution in [0, 0.1) is 23.5 Å². The van der Waals surface area contributed by atoms with Gasteiger partial charge in [0.1, 0.15) is 11.6 Å². The molecule has 2 atom stereocenters. The normalized spacial score (nSPS) is 23.9. The van der Waals surface area contributed by atoms with Crippen molar-refractivity contribution >= 4 is 0 Å². The van der Waals surface area contributed by atoms with Gasteiger partial charge in [0.05, 0.1) is 0 Å². The highest BCUT2D eigenvalue weighted by atomic mass is 19.1. The summed E-state index contributed by atoms with van der Waals surface area (Å²) in [5, 5.41) is 3.44. The third-order valence-electron chi connectivity index (χ3n) is 4.55. The Kier molecular flexibility index (Phi) is 5.53. The molecule has 1 fully saturated rings. The zero-order valence-electron chi connectivity index (χ0n) is 12.5. The van der Waals surface area contributed by atoms with Crippen molar-refractivity contribution in [1.29, 1.82) is 0 Å². The van der Waals surface area contributed by atoms with E-state index in [-0.39, 0.29) is 0 Å². The molecule has 1 aliphatic carbocycles. The van der Waals surface area contributed by atoms with Gasteiger partial charge in [0.25, 0.3) is 0 Å². The first-order chi connectivity index (χ1) is 9.56. The van der Waals surface area contributed by atoms with E-state index in [0.717, 1.165) is 30.7 Å². The highest BCUT2D eigenvalue weighted by Gasteiger charge is 2.20. The van der Waals surface area contributed by atoms with E-state index >= 15 is 0 Å². The number of hydrogen-bond acceptors (Lipinski definition) is 1. The summed E-state index contributed by atoms with van der Waals surface area (Å²) in [6.07, 6.45) is 6.12. The van der Waals surface area contributed by atoms with E-state index in [1.165, 1.54) is 31.4 Å². The third kappa shape index (κ3) is 4.27. The molecule has 2 rings (SSSR count). The number of benzene rings is 1. The van der Waals surface area contributed by atoms with Crippen molar-refractivity contribution in [3.8, 4) is 0 Å². The molecule has 0 spiro atoms.